The highest BCUT2D eigenvalue weighted by Gasteiger charge is 2.28. The number of unbranched alkanes of at least 4 members (excludes halogenated alkanes) is 10. The maximum absolute atomic E-state index is 11.9. The zero-order chi connectivity index (χ0) is 19.8. The van der Waals surface area contributed by atoms with Crippen LogP contribution in [0.25, 0.3) is 0 Å². The van der Waals surface area contributed by atoms with Crippen molar-refractivity contribution in [3.05, 3.63) is 0 Å². The smallest absolute Gasteiger partial charge is 0.329 e. The molecule has 7 nitrogen and oxygen atoms in total. The average Bonchev–Trinajstić information content (AvgIpc) is 2.58. The Labute approximate surface area is 156 Å². The Morgan fingerprint density at radius 2 is 1.23 bits per heavy atom. The van der Waals surface area contributed by atoms with E-state index in [0.29, 0.717) is 6.42 Å². The summed E-state index contributed by atoms with van der Waals surface area (Å²) in [5.41, 5.74) is 0. The molecule has 0 aromatic rings. The van der Waals surface area contributed by atoms with Crippen LogP contribution in [0.5, 0.6) is 0 Å². The van der Waals surface area contributed by atoms with E-state index in [0.717, 1.165) is 19.3 Å². The molecule has 0 fully saturated rings. The minimum absolute atomic E-state index is 0.0738. The molecule has 1 atom stereocenters. The minimum atomic E-state index is -1.51. The second-order valence-electron chi connectivity index (χ2n) is 6.81. The van der Waals surface area contributed by atoms with E-state index in [-0.39, 0.29) is 17.9 Å². The summed E-state index contributed by atoms with van der Waals surface area (Å²) in [7, 11) is 0. The first-order valence-corrected chi connectivity index (χ1v) is 9.85. The number of carbonyl (C=O) groups excluding carboxylic acids is 1. The van der Waals surface area contributed by atoms with Gasteiger partial charge in [0.2, 0.25) is 5.91 Å². The molecule has 0 saturated carbocycles. The summed E-state index contributed by atoms with van der Waals surface area (Å²) < 4.78 is 0. The van der Waals surface area contributed by atoms with Gasteiger partial charge in [-0.2, -0.15) is 0 Å². The predicted molar refractivity (Wildman–Crippen MR) is 98.0 cm³/mol. The van der Waals surface area contributed by atoms with Crippen LogP contribution in [0.4, 0.5) is 0 Å². The molecule has 26 heavy (non-hydrogen) atoms. The zero-order valence-electron chi connectivity index (χ0n) is 16.0. The number of carbonyl (C=O) groups is 3. The van der Waals surface area contributed by atoms with Crippen LogP contribution in [0, 0.1) is 0 Å². The fourth-order valence-corrected chi connectivity index (χ4v) is 2.84. The molecule has 0 aromatic carbocycles. The Morgan fingerprint density at radius 3 is 1.65 bits per heavy atom. The number of hydrogen-bond donors (Lipinski definition) is 3. The highest BCUT2D eigenvalue weighted by molar-refractivity contribution is 5.83. The fraction of sp³-hybridized carbons (Fsp3) is 0.842. The van der Waals surface area contributed by atoms with Gasteiger partial charge in [0.25, 0.3) is 0 Å². The predicted octanol–water partition coefficient (Wildman–Crippen LogP) is 4.22. The lowest BCUT2D eigenvalue weighted by Gasteiger charge is -2.22. The molecule has 0 aromatic heterocycles. The average molecular weight is 373 g/mol. The molecule has 7 heteroatoms. The molecular formula is C19H35NO6. The third kappa shape index (κ3) is 12.7. The molecule has 0 aliphatic heterocycles. The van der Waals surface area contributed by atoms with E-state index >= 15 is 0 Å². The summed E-state index contributed by atoms with van der Waals surface area (Å²) >= 11 is 0. The van der Waals surface area contributed by atoms with Crippen molar-refractivity contribution >= 4 is 17.8 Å². The number of rotatable bonds is 17. The first kappa shape index (κ1) is 24.4. The first-order valence-electron chi connectivity index (χ1n) is 9.85. The van der Waals surface area contributed by atoms with Crippen molar-refractivity contribution in [1.29, 1.82) is 0 Å². The van der Waals surface area contributed by atoms with Gasteiger partial charge < -0.3 is 10.2 Å². The molecule has 152 valence electrons. The van der Waals surface area contributed by atoms with E-state index in [1.165, 1.54) is 44.9 Å². The number of hydroxylamine groups is 2. The molecule has 0 unspecified atom stereocenters. The third-order valence-electron chi connectivity index (χ3n) is 4.46. The van der Waals surface area contributed by atoms with Crippen LogP contribution in [-0.2, 0) is 14.4 Å². The van der Waals surface area contributed by atoms with Crippen molar-refractivity contribution < 1.29 is 29.8 Å². The van der Waals surface area contributed by atoms with Crippen LogP contribution in [-0.4, -0.2) is 44.4 Å². The molecule has 0 aliphatic rings. The third-order valence-corrected chi connectivity index (χ3v) is 4.46. The Kier molecular flexibility index (Phi) is 14.6. The number of carboxylic acid groups (broad SMARTS) is 2. The molecule has 1 amide bonds. The first-order chi connectivity index (χ1) is 12.4. The summed E-state index contributed by atoms with van der Waals surface area (Å²) in [6.45, 7) is 2.21. The maximum atomic E-state index is 11.9. The monoisotopic (exact) mass is 373 g/mol. The van der Waals surface area contributed by atoms with E-state index in [9.17, 15) is 19.6 Å². The second kappa shape index (κ2) is 15.6. The van der Waals surface area contributed by atoms with Gasteiger partial charge in [0.1, 0.15) is 0 Å². The fourth-order valence-electron chi connectivity index (χ4n) is 2.84. The van der Waals surface area contributed by atoms with E-state index in [4.69, 9.17) is 10.2 Å². The Morgan fingerprint density at radius 1 is 0.769 bits per heavy atom. The van der Waals surface area contributed by atoms with Crippen LogP contribution in [0.3, 0.4) is 0 Å². The molecule has 0 radical (unpaired) electrons. The van der Waals surface area contributed by atoms with Crippen molar-refractivity contribution in [1.82, 2.24) is 5.06 Å². The summed E-state index contributed by atoms with van der Waals surface area (Å²) in [6.07, 6.45) is 11.9. The van der Waals surface area contributed by atoms with E-state index in [1.807, 2.05) is 0 Å². The molecule has 0 aliphatic carbocycles. The largest absolute Gasteiger partial charge is 0.481 e. The quantitative estimate of drug-likeness (QED) is 0.200. The summed E-state index contributed by atoms with van der Waals surface area (Å²) in [5, 5.41) is 27.5. The zero-order valence-corrected chi connectivity index (χ0v) is 16.0. The van der Waals surface area contributed by atoms with Gasteiger partial charge in [-0.15, -0.1) is 0 Å². The van der Waals surface area contributed by atoms with Crippen LogP contribution >= 0.6 is 0 Å². The lowest BCUT2D eigenvalue weighted by atomic mass is 10.0. The molecule has 3 N–H and O–H groups in total. The Bertz CT molecular complexity index is 413. The second-order valence-corrected chi connectivity index (χ2v) is 6.81. The van der Waals surface area contributed by atoms with Gasteiger partial charge in [-0.05, 0) is 12.8 Å². The van der Waals surface area contributed by atoms with Crippen LogP contribution in [0.15, 0.2) is 0 Å². The van der Waals surface area contributed by atoms with Crippen LogP contribution < -0.4 is 0 Å². The van der Waals surface area contributed by atoms with Gasteiger partial charge in [0, 0.05) is 12.8 Å². The maximum Gasteiger partial charge on any atom is 0.329 e. The van der Waals surface area contributed by atoms with Crippen LogP contribution in [0.2, 0.25) is 0 Å². The lowest BCUT2D eigenvalue weighted by molar-refractivity contribution is -0.187. The van der Waals surface area contributed by atoms with Crippen LogP contribution in [0.1, 0.15) is 96.8 Å². The van der Waals surface area contributed by atoms with Gasteiger partial charge in [-0.3, -0.25) is 14.8 Å². The topological polar surface area (TPSA) is 115 Å². The number of aliphatic carboxylic acids is 2. The highest BCUT2D eigenvalue weighted by Crippen LogP contribution is 2.13. The van der Waals surface area contributed by atoms with Gasteiger partial charge >= 0.3 is 11.9 Å². The Balaban J connectivity index is 3.79. The van der Waals surface area contributed by atoms with E-state index in [2.05, 4.69) is 6.92 Å². The van der Waals surface area contributed by atoms with E-state index < -0.39 is 30.3 Å². The highest BCUT2D eigenvalue weighted by atomic mass is 16.5. The van der Waals surface area contributed by atoms with Crippen molar-refractivity contribution in [3.8, 4) is 0 Å². The van der Waals surface area contributed by atoms with Gasteiger partial charge in [-0.25, -0.2) is 9.86 Å². The van der Waals surface area contributed by atoms with Crippen molar-refractivity contribution in [2.75, 3.05) is 0 Å². The lowest BCUT2D eigenvalue weighted by Crippen LogP contribution is -2.43. The molecule has 0 spiro atoms. The molecular weight excluding hydrogens is 338 g/mol. The summed E-state index contributed by atoms with van der Waals surface area (Å²) in [4.78, 5) is 33.5. The van der Waals surface area contributed by atoms with Crippen molar-refractivity contribution in [2.45, 2.75) is 103 Å². The molecule has 0 bridgehead atoms. The minimum Gasteiger partial charge on any atom is -0.481 e. The van der Waals surface area contributed by atoms with E-state index in [1.54, 1.807) is 0 Å². The molecule has 0 rings (SSSR count). The number of hydrogen-bond acceptors (Lipinski definition) is 4. The standard InChI is InChI=1S/C19H35NO6/c1-2-3-4-5-6-7-8-9-10-11-12-13-17(21)20(26)16(19(24)25)14-15-18(22)23/h16,26H,2-15H2,1H3,(H,22,23)(H,24,25)/t16-/m0/s1. The van der Waals surface area contributed by atoms with Gasteiger partial charge in [-0.1, -0.05) is 71.1 Å². The number of carboxylic acids is 2. The van der Waals surface area contributed by atoms with Crippen molar-refractivity contribution in [2.24, 2.45) is 0 Å². The number of amides is 1. The normalized spacial score (nSPS) is 11.9. The summed E-state index contributed by atoms with van der Waals surface area (Å²) in [6, 6.07) is -1.51. The summed E-state index contributed by atoms with van der Waals surface area (Å²) in [5.74, 6) is -3.23. The van der Waals surface area contributed by atoms with Crippen molar-refractivity contribution in [3.63, 3.8) is 0 Å². The SMILES string of the molecule is CCCCCCCCCCCCCC(=O)N(O)[C@@H](CCC(=O)O)C(=O)O. The Hall–Kier alpha value is -1.63. The molecule has 0 saturated heterocycles. The molecule has 0 heterocycles. The van der Waals surface area contributed by atoms with Gasteiger partial charge in [0.05, 0.1) is 0 Å². The van der Waals surface area contributed by atoms with Gasteiger partial charge in [0.15, 0.2) is 6.04 Å². The number of nitrogens with zero attached hydrogens (tertiary/aromatic N) is 1.